The third-order valence-electron chi connectivity index (χ3n) is 7.55. The molecule has 17 nitrogen and oxygen atoms in total. The minimum atomic E-state index is -1.76. The van der Waals surface area contributed by atoms with Crippen LogP contribution in [0, 0.1) is 0 Å². The molecule has 0 amide bonds. The Kier molecular flexibility index (Phi) is 10.7. The average molecular weight is 589 g/mol. The summed E-state index contributed by atoms with van der Waals surface area (Å²) in [6.45, 7) is 2.31. The number of aliphatic hydroxyl groups excluding tert-OH is 9. The van der Waals surface area contributed by atoms with Crippen molar-refractivity contribution < 1.29 is 83.9 Å². The molecular formula is C23H40O17. The van der Waals surface area contributed by atoms with Gasteiger partial charge in [0.2, 0.25) is 0 Å². The summed E-state index contributed by atoms with van der Waals surface area (Å²) in [5.74, 6) is 0. The Bertz CT molecular complexity index is 807. The lowest BCUT2D eigenvalue weighted by Crippen LogP contribution is -2.65. The highest BCUT2D eigenvalue weighted by molar-refractivity contribution is 4.94. The summed E-state index contributed by atoms with van der Waals surface area (Å²) in [5, 5.41) is 92.5. The van der Waals surface area contributed by atoms with Gasteiger partial charge in [-0.15, -0.1) is 0 Å². The quantitative estimate of drug-likeness (QED) is 0.134. The molecule has 0 spiro atoms. The number of rotatable bonds is 7. The SMILES string of the molecule is CO[C@H]1OC[C@@H](O)[C@H](O[C@@H]2O[C@@H](C)[C@H](O)[C@@H](O)[C@H]2O)[C@H]1O[C@@H]1O[C@@H](C)[C@H](O[C@@H]2OC[C@@H](O)[C@H](O)[C@H]2O)[C@@H](O)[C@H]1O. The van der Waals surface area contributed by atoms with Crippen molar-refractivity contribution in [3.8, 4) is 0 Å². The van der Waals surface area contributed by atoms with Gasteiger partial charge in [-0.25, -0.2) is 0 Å². The minimum Gasteiger partial charge on any atom is -0.388 e. The van der Waals surface area contributed by atoms with E-state index >= 15 is 0 Å². The monoisotopic (exact) mass is 588 g/mol. The first kappa shape index (κ1) is 32.2. The smallest absolute Gasteiger partial charge is 0.187 e. The number of aliphatic hydroxyl groups is 9. The first-order chi connectivity index (χ1) is 18.8. The second kappa shape index (κ2) is 13.3. The molecule has 4 aliphatic heterocycles. The zero-order valence-electron chi connectivity index (χ0n) is 22.1. The Balaban J connectivity index is 1.45. The standard InChI is InChI=1S/C23H40O17/c1-6-10(26)12(28)15(31)21(36-6)39-18-9(25)5-35-23(33-3)19(18)40-22-16(32)13(29)17(7(2)37-22)38-20-14(30)11(27)8(24)4-34-20/h6-32H,4-5H2,1-3H3/t6-,7-,8+,9+,10-,11-,12+,13-,14+,15+,16+,17-,18-,19+,20-,21-,22-,23-/m0/s1. The van der Waals surface area contributed by atoms with Crippen LogP contribution >= 0.6 is 0 Å². The molecule has 4 aliphatic rings. The van der Waals surface area contributed by atoms with Gasteiger partial charge >= 0.3 is 0 Å². The topological polar surface area (TPSA) is 256 Å². The Labute approximate surface area is 229 Å². The van der Waals surface area contributed by atoms with E-state index in [2.05, 4.69) is 0 Å². The second-order valence-corrected chi connectivity index (χ2v) is 10.4. The van der Waals surface area contributed by atoms with Crippen molar-refractivity contribution in [1.29, 1.82) is 0 Å². The third kappa shape index (κ3) is 6.46. The van der Waals surface area contributed by atoms with Gasteiger partial charge in [0.15, 0.2) is 25.2 Å². The van der Waals surface area contributed by atoms with Gasteiger partial charge in [-0.05, 0) is 13.8 Å². The highest BCUT2D eigenvalue weighted by atomic mass is 16.8. The van der Waals surface area contributed by atoms with Crippen molar-refractivity contribution in [2.24, 2.45) is 0 Å². The van der Waals surface area contributed by atoms with E-state index < -0.39 is 111 Å². The lowest BCUT2D eigenvalue weighted by molar-refractivity contribution is -0.385. The van der Waals surface area contributed by atoms with Gasteiger partial charge in [-0.3, -0.25) is 0 Å². The van der Waals surface area contributed by atoms with Crippen molar-refractivity contribution in [2.75, 3.05) is 20.3 Å². The highest BCUT2D eigenvalue weighted by Gasteiger charge is 2.53. The maximum atomic E-state index is 10.8. The third-order valence-corrected chi connectivity index (χ3v) is 7.55. The van der Waals surface area contributed by atoms with E-state index in [1.165, 1.54) is 21.0 Å². The lowest BCUT2D eigenvalue weighted by atomic mass is 9.98. The van der Waals surface area contributed by atoms with Crippen LogP contribution in [0.15, 0.2) is 0 Å². The summed E-state index contributed by atoms with van der Waals surface area (Å²) in [5.41, 5.74) is 0. The van der Waals surface area contributed by atoms with Crippen LogP contribution in [0.25, 0.3) is 0 Å². The molecule has 40 heavy (non-hydrogen) atoms. The van der Waals surface area contributed by atoms with Crippen LogP contribution in [0.1, 0.15) is 13.8 Å². The van der Waals surface area contributed by atoms with Crippen molar-refractivity contribution in [1.82, 2.24) is 0 Å². The molecule has 0 saturated carbocycles. The average Bonchev–Trinajstić information content (AvgIpc) is 2.92. The summed E-state index contributed by atoms with van der Waals surface area (Å²) in [4.78, 5) is 0. The molecule has 0 aliphatic carbocycles. The summed E-state index contributed by atoms with van der Waals surface area (Å²) in [7, 11) is 1.28. The van der Waals surface area contributed by atoms with Gasteiger partial charge in [-0.2, -0.15) is 0 Å². The number of hydrogen-bond acceptors (Lipinski definition) is 17. The zero-order valence-corrected chi connectivity index (χ0v) is 22.1. The molecule has 0 aromatic rings. The van der Waals surface area contributed by atoms with Crippen LogP contribution in [0.5, 0.6) is 0 Å². The molecule has 4 fully saturated rings. The highest BCUT2D eigenvalue weighted by Crippen LogP contribution is 2.33. The first-order valence-electron chi connectivity index (χ1n) is 13.0. The maximum Gasteiger partial charge on any atom is 0.187 e. The molecule has 0 unspecified atom stereocenters. The molecular weight excluding hydrogens is 548 g/mol. The Hall–Kier alpha value is -0.680. The lowest BCUT2D eigenvalue weighted by Gasteiger charge is -2.48. The molecule has 9 N–H and O–H groups in total. The fourth-order valence-corrected chi connectivity index (χ4v) is 5.06. The fraction of sp³-hybridized carbons (Fsp3) is 1.00. The van der Waals surface area contributed by atoms with Gasteiger partial charge in [0, 0.05) is 7.11 Å². The summed E-state index contributed by atoms with van der Waals surface area (Å²) in [6.07, 6.45) is -25.5. The van der Waals surface area contributed by atoms with Crippen LogP contribution in [0.2, 0.25) is 0 Å². The molecule has 0 aromatic heterocycles. The Morgan fingerprint density at radius 1 is 0.475 bits per heavy atom. The second-order valence-electron chi connectivity index (χ2n) is 10.4. The molecule has 17 heteroatoms. The van der Waals surface area contributed by atoms with Crippen molar-refractivity contribution in [3.05, 3.63) is 0 Å². The largest absolute Gasteiger partial charge is 0.388 e. The first-order valence-corrected chi connectivity index (χ1v) is 13.0. The zero-order chi connectivity index (χ0) is 29.5. The van der Waals surface area contributed by atoms with Crippen molar-refractivity contribution in [3.63, 3.8) is 0 Å². The summed E-state index contributed by atoms with van der Waals surface area (Å²) in [6, 6.07) is 0. The van der Waals surface area contributed by atoms with Crippen LogP contribution in [0.3, 0.4) is 0 Å². The van der Waals surface area contributed by atoms with Crippen LogP contribution in [-0.2, 0) is 37.9 Å². The van der Waals surface area contributed by atoms with Gasteiger partial charge in [-0.1, -0.05) is 0 Å². The van der Waals surface area contributed by atoms with Crippen LogP contribution in [0.4, 0.5) is 0 Å². The van der Waals surface area contributed by atoms with E-state index in [0.717, 1.165) is 0 Å². The van der Waals surface area contributed by atoms with Gasteiger partial charge in [0.25, 0.3) is 0 Å². The fourth-order valence-electron chi connectivity index (χ4n) is 5.06. The van der Waals surface area contributed by atoms with E-state index in [-0.39, 0.29) is 13.2 Å². The normalized spacial score (nSPS) is 54.3. The van der Waals surface area contributed by atoms with E-state index in [9.17, 15) is 46.0 Å². The Morgan fingerprint density at radius 3 is 1.62 bits per heavy atom. The molecule has 0 radical (unpaired) electrons. The molecule has 0 bridgehead atoms. The van der Waals surface area contributed by atoms with Crippen LogP contribution < -0.4 is 0 Å². The molecule has 4 saturated heterocycles. The maximum absolute atomic E-state index is 10.8. The predicted molar refractivity (Wildman–Crippen MR) is 124 cm³/mol. The molecule has 4 rings (SSSR count). The molecule has 234 valence electrons. The molecule has 18 atom stereocenters. The number of hydrogen-bond donors (Lipinski definition) is 9. The summed E-state index contributed by atoms with van der Waals surface area (Å²) >= 11 is 0. The van der Waals surface area contributed by atoms with Gasteiger partial charge < -0.3 is 83.9 Å². The van der Waals surface area contributed by atoms with Gasteiger partial charge in [0.05, 0.1) is 25.4 Å². The van der Waals surface area contributed by atoms with E-state index in [0.29, 0.717) is 0 Å². The molecule has 4 heterocycles. The number of methoxy groups -OCH3 is 1. The minimum absolute atomic E-state index is 0.278. The molecule has 0 aromatic carbocycles. The Morgan fingerprint density at radius 2 is 0.975 bits per heavy atom. The van der Waals surface area contributed by atoms with E-state index in [4.69, 9.17) is 37.9 Å². The summed E-state index contributed by atoms with van der Waals surface area (Å²) < 4.78 is 44.4. The van der Waals surface area contributed by atoms with E-state index in [1.54, 1.807) is 0 Å². The predicted octanol–water partition coefficient (Wildman–Crippen LogP) is -5.76. The van der Waals surface area contributed by atoms with Gasteiger partial charge in [0.1, 0.15) is 73.2 Å². The van der Waals surface area contributed by atoms with Crippen LogP contribution in [-0.4, -0.2) is 177 Å². The van der Waals surface area contributed by atoms with Crippen molar-refractivity contribution in [2.45, 2.75) is 124 Å². The van der Waals surface area contributed by atoms with Crippen molar-refractivity contribution >= 4 is 0 Å². The number of ether oxygens (including phenoxy) is 8. The van der Waals surface area contributed by atoms with E-state index in [1.807, 2.05) is 0 Å².